The molecule has 0 aliphatic heterocycles. The third-order valence-electron chi connectivity index (χ3n) is 3.95. The van der Waals surface area contributed by atoms with Crippen LogP contribution in [0.5, 0.6) is 0 Å². The van der Waals surface area contributed by atoms with Crippen LogP contribution in [0.3, 0.4) is 0 Å². The standard InChI is InChI=1S/C19H21FN2O2/c1-13-5-4-6-17(14(13)2)21-18(23)12-22(3)19(24)11-15-7-9-16(20)10-8-15/h4-10H,11-12H2,1-3H3,(H,21,23). The van der Waals surface area contributed by atoms with Crippen molar-refractivity contribution >= 4 is 17.5 Å². The first-order valence-corrected chi connectivity index (χ1v) is 7.71. The summed E-state index contributed by atoms with van der Waals surface area (Å²) in [6.45, 7) is 3.88. The molecule has 0 fully saturated rings. The minimum atomic E-state index is -0.340. The van der Waals surface area contributed by atoms with Gasteiger partial charge in [0.25, 0.3) is 0 Å². The quantitative estimate of drug-likeness (QED) is 0.917. The number of halogens is 1. The Morgan fingerprint density at radius 1 is 1.08 bits per heavy atom. The van der Waals surface area contributed by atoms with E-state index in [1.165, 1.54) is 17.0 Å². The van der Waals surface area contributed by atoms with E-state index in [1.54, 1.807) is 19.2 Å². The lowest BCUT2D eigenvalue weighted by Crippen LogP contribution is -2.35. The second-order valence-corrected chi connectivity index (χ2v) is 5.85. The van der Waals surface area contributed by atoms with E-state index in [1.807, 2.05) is 32.0 Å². The predicted octanol–water partition coefficient (Wildman–Crippen LogP) is 3.08. The average molecular weight is 328 g/mol. The first-order chi connectivity index (χ1) is 11.4. The van der Waals surface area contributed by atoms with Crippen molar-refractivity contribution < 1.29 is 14.0 Å². The zero-order chi connectivity index (χ0) is 17.7. The number of hydrogen-bond acceptors (Lipinski definition) is 2. The van der Waals surface area contributed by atoms with Crippen LogP contribution >= 0.6 is 0 Å². The Kier molecular flexibility index (Phi) is 5.68. The molecule has 1 N–H and O–H groups in total. The van der Waals surface area contributed by atoms with E-state index in [0.717, 1.165) is 16.8 Å². The van der Waals surface area contributed by atoms with E-state index in [4.69, 9.17) is 0 Å². The zero-order valence-corrected chi connectivity index (χ0v) is 14.1. The smallest absolute Gasteiger partial charge is 0.243 e. The monoisotopic (exact) mass is 328 g/mol. The van der Waals surface area contributed by atoms with Gasteiger partial charge in [-0.15, -0.1) is 0 Å². The fraction of sp³-hybridized carbons (Fsp3) is 0.263. The van der Waals surface area contributed by atoms with Gasteiger partial charge in [0.05, 0.1) is 13.0 Å². The van der Waals surface area contributed by atoms with Gasteiger partial charge in [-0.2, -0.15) is 0 Å². The molecule has 2 amide bonds. The van der Waals surface area contributed by atoms with E-state index in [2.05, 4.69) is 5.32 Å². The number of benzene rings is 2. The van der Waals surface area contributed by atoms with Crippen LogP contribution in [0, 0.1) is 19.7 Å². The van der Waals surface area contributed by atoms with Crippen LogP contribution < -0.4 is 5.32 Å². The molecule has 24 heavy (non-hydrogen) atoms. The summed E-state index contributed by atoms with van der Waals surface area (Å²) in [5.41, 5.74) is 3.56. The lowest BCUT2D eigenvalue weighted by molar-refractivity contribution is -0.132. The molecule has 4 nitrogen and oxygen atoms in total. The van der Waals surface area contributed by atoms with Gasteiger partial charge in [-0.05, 0) is 48.7 Å². The van der Waals surface area contributed by atoms with Crippen molar-refractivity contribution in [3.63, 3.8) is 0 Å². The van der Waals surface area contributed by atoms with Crippen LogP contribution in [0.25, 0.3) is 0 Å². The summed E-state index contributed by atoms with van der Waals surface area (Å²) in [7, 11) is 1.58. The van der Waals surface area contributed by atoms with Crippen LogP contribution in [0.4, 0.5) is 10.1 Å². The zero-order valence-electron chi connectivity index (χ0n) is 14.1. The molecule has 0 spiro atoms. The Morgan fingerprint density at radius 2 is 1.75 bits per heavy atom. The highest BCUT2D eigenvalue weighted by atomic mass is 19.1. The summed E-state index contributed by atoms with van der Waals surface area (Å²) in [5.74, 6) is -0.788. The van der Waals surface area contributed by atoms with Gasteiger partial charge < -0.3 is 10.2 Å². The highest BCUT2D eigenvalue weighted by Gasteiger charge is 2.14. The maximum absolute atomic E-state index is 12.9. The first kappa shape index (κ1) is 17.7. The number of nitrogens with one attached hydrogen (secondary N) is 1. The Balaban J connectivity index is 1.92. The van der Waals surface area contributed by atoms with Crippen LogP contribution in [-0.4, -0.2) is 30.3 Å². The van der Waals surface area contributed by atoms with Gasteiger partial charge in [-0.25, -0.2) is 4.39 Å². The molecule has 0 atom stereocenters. The topological polar surface area (TPSA) is 49.4 Å². The summed E-state index contributed by atoms with van der Waals surface area (Å²) in [6.07, 6.45) is 0.132. The number of anilines is 1. The molecule has 0 aliphatic carbocycles. The fourth-order valence-corrected chi connectivity index (χ4v) is 2.29. The van der Waals surface area contributed by atoms with E-state index in [-0.39, 0.29) is 30.6 Å². The van der Waals surface area contributed by atoms with Crippen molar-refractivity contribution in [3.05, 3.63) is 65.0 Å². The van der Waals surface area contributed by atoms with E-state index in [0.29, 0.717) is 5.56 Å². The highest BCUT2D eigenvalue weighted by molar-refractivity contribution is 5.95. The predicted molar refractivity (Wildman–Crippen MR) is 92.3 cm³/mol. The molecule has 0 saturated carbocycles. The van der Waals surface area contributed by atoms with Crippen molar-refractivity contribution in [2.45, 2.75) is 20.3 Å². The van der Waals surface area contributed by atoms with Crippen LogP contribution in [0.1, 0.15) is 16.7 Å². The number of likely N-dealkylation sites (N-methyl/N-ethyl adjacent to an activating group) is 1. The Labute approximate surface area is 141 Å². The second-order valence-electron chi connectivity index (χ2n) is 5.85. The summed E-state index contributed by atoms with van der Waals surface area (Å²) in [4.78, 5) is 25.7. The Hall–Kier alpha value is -2.69. The number of nitrogens with zero attached hydrogens (tertiary/aromatic N) is 1. The molecular weight excluding hydrogens is 307 g/mol. The van der Waals surface area contributed by atoms with Gasteiger partial charge >= 0.3 is 0 Å². The fourth-order valence-electron chi connectivity index (χ4n) is 2.29. The highest BCUT2D eigenvalue weighted by Crippen LogP contribution is 2.17. The minimum Gasteiger partial charge on any atom is -0.336 e. The molecular formula is C19H21FN2O2. The van der Waals surface area contributed by atoms with Crippen LogP contribution in [-0.2, 0) is 16.0 Å². The molecule has 2 rings (SSSR count). The summed E-state index contributed by atoms with van der Waals surface area (Å²) in [6, 6.07) is 11.4. The molecule has 0 unspecified atom stereocenters. The molecule has 0 bridgehead atoms. The molecule has 0 aliphatic rings. The van der Waals surface area contributed by atoms with Crippen molar-refractivity contribution in [2.24, 2.45) is 0 Å². The summed E-state index contributed by atoms with van der Waals surface area (Å²) >= 11 is 0. The molecule has 5 heteroatoms. The van der Waals surface area contributed by atoms with E-state index in [9.17, 15) is 14.0 Å². The lowest BCUT2D eigenvalue weighted by Gasteiger charge is -2.18. The van der Waals surface area contributed by atoms with Crippen molar-refractivity contribution in [1.29, 1.82) is 0 Å². The second kappa shape index (κ2) is 7.73. The van der Waals surface area contributed by atoms with Gasteiger partial charge in [-0.1, -0.05) is 24.3 Å². The molecule has 0 radical (unpaired) electrons. The molecule has 2 aromatic rings. The third-order valence-corrected chi connectivity index (χ3v) is 3.95. The van der Waals surface area contributed by atoms with Gasteiger partial charge in [0.1, 0.15) is 5.82 Å². The SMILES string of the molecule is Cc1cccc(NC(=O)CN(C)C(=O)Cc2ccc(F)cc2)c1C. The Bertz CT molecular complexity index is 742. The molecule has 126 valence electrons. The number of hydrogen-bond donors (Lipinski definition) is 1. The number of rotatable bonds is 5. The van der Waals surface area contributed by atoms with Crippen LogP contribution in [0.2, 0.25) is 0 Å². The largest absolute Gasteiger partial charge is 0.336 e. The normalized spacial score (nSPS) is 10.3. The molecule has 0 heterocycles. The number of carbonyl (C=O) groups excluding carboxylic acids is 2. The Morgan fingerprint density at radius 3 is 2.42 bits per heavy atom. The average Bonchev–Trinajstić information content (AvgIpc) is 2.54. The summed E-state index contributed by atoms with van der Waals surface area (Å²) in [5, 5.41) is 2.83. The van der Waals surface area contributed by atoms with Gasteiger partial charge in [-0.3, -0.25) is 9.59 Å². The maximum Gasteiger partial charge on any atom is 0.243 e. The minimum absolute atomic E-state index is 0.0343. The molecule has 0 saturated heterocycles. The lowest BCUT2D eigenvalue weighted by atomic mass is 10.1. The van der Waals surface area contributed by atoms with E-state index < -0.39 is 0 Å². The molecule has 0 aromatic heterocycles. The van der Waals surface area contributed by atoms with Gasteiger partial charge in [0.2, 0.25) is 11.8 Å². The maximum atomic E-state index is 12.9. The van der Waals surface area contributed by atoms with Gasteiger partial charge in [0, 0.05) is 12.7 Å². The summed E-state index contributed by atoms with van der Waals surface area (Å²) < 4.78 is 12.9. The van der Waals surface area contributed by atoms with Crippen LogP contribution in [0.15, 0.2) is 42.5 Å². The van der Waals surface area contributed by atoms with Crippen molar-refractivity contribution in [1.82, 2.24) is 4.90 Å². The third kappa shape index (κ3) is 4.65. The molecule has 2 aromatic carbocycles. The number of aryl methyl sites for hydroxylation is 1. The van der Waals surface area contributed by atoms with Crippen molar-refractivity contribution in [2.75, 3.05) is 18.9 Å². The van der Waals surface area contributed by atoms with E-state index >= 15 is 0 Å². The first-order valence-electron chi connectivity index (χ1n) is 7.71. The number of carbonyl (C=O) groups is 2. The van der Waals surface area contributed by atoms with Crippen molar-refractivity contribution in [3.8, 4) is 0 Å². The number of amides is 2. The van der Waals surface area contributed by atoms with Gasteiger partial charge in [0.15, 0.2) is 0 Å².